The molecule has 2 atom stereocenters. The Bertz CT molecular complexity index is 950. The highest BCUT2D eigenvalue weighted by Crippen LogP contribution is 2.39. The number of hydrogen-bond donors (Lipinski definition) is 3. The van der Waals surface area contributed by atoms with Crippen LogP contribution in [0.1, 0.15) is 110 Å². The number of amides is 2. The summed E-state index contributed by atoms with van der Waals surface area (Å²) in [5, 5.41) is 15.7. The average molecular weight is 645 g/mol. The van der Waals surface area contributed by atoms with E-state index in [0.29, 0.717) is 50.3 Å². The molecule has 0 aromatic heterocycles. The maximum atomic E-state index is 12.2. The summed E-state index contributed by atoms with van der Waals surface area (Å²) in [5.41, 5.74) is 0. The fourth-order valence-electron chi connectivity index (χ4n) is 4.39. The highest BCUT2D eigenvalue weighted by atomic mass is 33.1. The second-order valence-electron chi connectivity index (χ2n) is 10.8. The van der Waals surface area contributed by atoms with Gasteiger partial charge >= 0.3 is 5.97 Å². The number of allylic oxidation sites excluding steroid dienone is 12. The Morgan fingerprint density at radius 2 is 1.34 bits per heavy atom. The number of hydrogen-bond acceptors (Lipinski definition) is 5. The van der Waals surface area contributed by atoms with Crippen LogP contribution in [-0.2, 0) is 14.4 Å². The standard InChI is InChI=1S/C36H56N2O4S2/c1-2-3-4-5-6-7-8-9-10-11-12-13-14-15-16-17-18-19-20-27-34(39)37-30-24-23-26-33(36(41)42)38-35(40)28-22-21-25-32-29-31-43-44-32/h3-4,6-7,9-10,12-13,15-16,18-19,32-33H,2,5,8,11,14,17,20-31H2,1H3,(H,37,39)(H,38,40)(H,41,42)/b4-3-,7-6-,10-9-,13-12-,16-15-,19-18-/t32-,33+/m1/s1. The van der Waals surface area contributed by atoms with Crippen molar-refractivity contribution in [1.29, 1.82) is 0 Å². The summed E-state index contributed by atoms with van der Waals surface area (Å²) in [6, 6.07) is -0.868. The number of carbonyl (C=O) groups is 3. The monoisotopic (exact) mass is 644 g/mol. The number of unbranched alkanes of at least 4 members (excludes halogenated alkanes) is 2. The van der Waals surface area contributed by atoms with Crippen molar-refractivity contribution in [3.63, 3.8) is 0 Å². The Balaban J connectivity index is 2.00. The van der Waals surface area contributed by atoms with E-state index in [-0.39, 0.29) is 11.8 Å². The molecule has 3 N–H and O–H groups in total. The summed E-state index contributed by atoms with van der Waals surface area (Å²) in [6.45, 7) is 2.66. The molecule has 44 heavy (non-hydrogen) atoms. The molecule has 1 rings (SSSR count). The average Bonchev–Trinajstić information content (AvgIpc) is 3.53. The molecule has 1 saturated heterocycles. The Morgan fingerprint density at radius 1 is 0.750 bits per heavy atom. The molecule has 0 spiro atoms. The first-order valence-electron chi connectivity index (χ1n) is 16.5. The lowest BCUT2D eigenvalue weighted by atomic mass is 10.1. The molecular weight excluding hydrogens is 589 g/mol. The SMILES string of the molecule is CC/C=C\C/C=C\C/C=C\C/C=C\C/C=C\C/C=C\CCC(=O)NCCCC[C@H](NC(=O)CCCC[C@@H]1CCSS1)C(=O)O. The first kappa shape index (κ1) is 39.6. The van der Waals surface area contributed by atoms with Gasteiger partial charge in [0.05, 0.1) is 0 Å². The van der Waals surface area contributed by atoms with Crippen LogP contribution in [0.5, 0.6) is 0 Å². The van der Waals surface area contributed by atoms with Crippen LogP contribution in [0, 0.1) is 0 Å². The molecule has 2 amide bonds. The summed E-state index contributed by atoms with van der Waals surface area (Å²) in [7, 11) is 3.87. The summed E-state index contributed by atoms with van der Waals surface area (Å²) in [6.07, 6.45) is 39.1. The molecule has 0 aliphatic carbocycles. The van der Waals surface area contributed by atoms with E-state index in [1.165, 1.54) is 12.2 Å². The fourth-order valence-corrected chi connectivity index (χ4v) is 7.42. The predicted molar refractivity (Wildman–Crippen MR) is 191 cm³/mol. The maximum absolute atomic E-state index is 12.2. The van der Waals surface area contributed by atoms with Crippen molar-refractivity contribution in [2.75, 3.05) is 12.3 Å². The van der Waals surface area contributed by atoms with Crippen LogP contribution in [0.2, 0.25) is 0 Å². The van der Waals surface area contributed by atoms with Crippen molar-refractivity contribution in [1.82, 2.24) is 10.6 Å². The van der Waals surface area contributed by atoms with Gasteiger partial charge in [0.15, 0.2) is 0 Å². The van der Waals surface area contributed by atoms with Gasteiger partial charge in [-0.2, -0.15) is 0 Å². The van der Waals surface area contributed by atoms with Gasteiger partial charge in [-0.25, -0.2) is 4.79 Å². The number of carboxylic acids is 1. The summed E-state index contributed by atoms with van der Waals surface area (Å²) < 4.78 is 0. The molecule has 8 heteroatoms. The lowest BCUT2D eigenvalue weighted by Crippen LogP contribution is -2.40. The smallest absolute Gasteiger partial charge is 0.326 e. The minimum absolute atomic E-state index is 0.00205. The van der Waals surface area contributed by atoms with Gasteiger partial charge in [-0.05, 0) is 83.5 Å². The fraction of sp³-hybridized carbons (Fsp3) is 0.583. The van der Waals surface area contributed by atoms with Crippen molar-refractivity contribution >= 4 is 39.4 Å². The van der Waals surface area contributed by atoms with Crippen LogP contribution in [0.3, 0.4) is 0 Å². The van der Waals surface area contributed by atoms with Crippen LogP contribution >= 0.6 is 21.6 Å². The van der Waals surface area contributed by atoms with E-state index in [4.69, 9.17) is 0 Å². The molecule has 1 fully saturated rings. The van der Waals surface area contributed by atoms with E-state index in [0.717, 1.165) is 57.8 Å². The zero-order valence-electron chi connectivity index (χ0n) is 26.8. The van der Waals surface area contributed by atoms with Crippen LogP contribution in [0.15, 0.2) is 72.9 Å². The van der Waals surface area contributed by atoms with Crippen molar-refractivity contribution in [3.05, 3.63) is 72.9 Å². The predicted octanol–water partition coefficient (Wildman–Crippen LogP) is 9.03. The number of aliphatic carboxylic acids is 1. The van der Waals surface area contributed by atoms with E-state index in [1.807, 2.05) is 27.7 Å². The summed E-state index contributed by atoms with van der Waals surface area (Å²) in [5.74, 6) is 0.0262. The van der Waals surface area contributed by atoms with E-state index >= 15 is 0 Å². The lowest BCUT2D eigenvalue weighted by molar-refractivity contribution is -0.142. The first-order chi connectivity index (χ1) is 21.5. The minimum Gasteiger partial charge on any atom is -0.480 e. The van der Waals surface area contributed by atoms with Gasteiger partial charge in [0.25, 0.3) is 0 Å². The van der Waals surface area contributed by atoms with Crippen LogP contribution in [-0.4, -0.2) is 46.5 Å². The normalized spacial score (nSPS) is 16.4. The van der Waals surface area contributed by atoms with Crippen molar-refractivity contribution in [3.8, 4) is 0 Å². The Kier molecular flexibility index (Phi) is 26.3. The second-order valence-corrected chi connectivity index (χ2v) is 13.6. The van der Waals surface area contributed by atoms with Crippen molar-refractivity contribution in [2.45, 2.75) is 121 Å². The Morgan fingerprint density at radius 3 is 1.89 bits per heavy atom. The highest BCUT2D eigenvalue weighted by Gasteiger charge is 2.20. The molecule has 1 heterocycles. The largest absolute Gasteiger partial charge is 0.480 e. The Hall–Kier alpha value is -2.45. The van der Waals surface area contributed by atoms with E-state index < -0.39 is 12.0 Å². The van der Waals surface area contributed by atoms with E-state index in [9.17, 15) is 19.5 Å². The quantitative estimate of drug-likeness (QED) is 0.0494. The van der Waals surface area contributed by atoms with Gasteiger partial charge < -0.3 is 15.7 Å². The molecule has 246 valence electrons. The van der Waals surface area contributed by atoms with Crippen LogP contribution in [0.25, 0.3) is 0 Å². The van der Waals surface area contributed by atoms with Gasteiger partial charge in [0, 0.05) is 30.4 Å². The van der Waals surface area contributed by atoms with Gasteiger partial charge in [0.2, 0.25) is 11.8 Å². The molecule has 1 aliphatic heterocycles. The zero-order chi connectivity index (χ0) is 31.9. The summed E-state index contributed by atoms with van der Waals surface area (Å²) in [4.78, 5) is 35.8. The lowest BCUT2D eigenvalue weighted by Gasteiger charge is -2.15. The van der Waals surface area contributed by atoms with Gasteiger partial charge in [-0.15, -0.1) is 0 Å². The molecular formula is C36H56N2O4S2. The molecule has 0 radical (unpaired) electrons. The maximum Gasteiger partial charge on any atom is 0.326 e. The third-order valence-electron chi connectivity index (χ3n) is 6.92. The molecule has 0 bridgehead atoms. The molecule has 0 saturated carbocycles. The number of rotatable bonds is 26. The molecule has 0 unspecified atom stereocenters. The van der Waals surface area contributed by atoms with Gasteiger partial charge in [-0.3, -0.25) is 9.59 Å². The second kappa shape index (κ2) is 29.3. The zero-order valence-corrected chi connectivity index (χ0v) is 28.4. The third kappa shape index (κ3) is 24.9. The first-order valence-corrected chi connectivity index (χ1v) is 18.9. The molecule has 1 aliphatic rings. The molecule has 0 aromatic rings. The number of nitrogens with one attached hydrogen (secondary N) is 2. The van der Waals surface area contributed by atoms with Crippen LogP contribution in [0.4, 0.5) is 0 Å². The Labute approximate surface area is 274 Å². The number of carbonyl (C=O) groups excluding carboxylic acids is 2. The highest BCUT2D eigenvalue weighted by molar-refractivity contribution is 8.77. The van der Waals surface area contributed by atoms with Crippen molar-refractivity contribution in [2.24, 2.45) is 0 Å². The van der Waals surface area contributed by atoms with Crippen molar-refractivity contribution < 1.29 is 19.5 Å². The third-order valence-corrected chi connectivity index (χ3v) is 9.92. The topological polar surface area (TPSA) is 95.5 Å². The van der Waals surface area contributed by atoms with E-state index in [1.54, 1.807) is 0 Å². The number of carboxylic acid groups (broad SMARTS) is 1. The van der Waals surface area contributed by atoms with Crippen LogP contribution < -0.4 is 10.6 Å². The van der Waals surface area contributed by atoms with Gasteiger partial charge in [-0.1, -0.05) is 108 Å². The summed E-state index contributed by atoms with van der Waals surface area (Å²) >= 11 is 0. The van der Waals surface area contributed by atoms with E-state index in [2.05, 4.69) is 84.4 Å². The minimum atomic E-state index is -1.00. The molecule has 0 aromatic carbocycles. The van der Waals surface area contributed by atoms with Gasteiger partial charge in [0.1, 0.15) is 6.04 Å². The molecule has 6 nitrogen and oxygen atoms in total.